The summed E-state index contributed by atoms with van der Waals surface area (Å²) < 4.78 is 4.97. The molecule has 0 atom stereocenters. The molecule has 0 aliphatic carbocycles. The molecule has 0 saturated carbocycles. The highest BCUT2D eigenvalue weighted by Crippen LogP contribution is 2.20. The number of halogens is 1. The summed E-state index contributed by atoms with van der Waals surface area (Å²) in [5.74, 6) is 0.729. The highest BCUT2D eigenvalue weighted by atomic mass is 35.5. The lowest BCUT2D eigenvalue weighted by Crippen LogP contribution is -2.00. The van der Waals surface area contributed by atoms with Gasteiger partial charge in [0.2, 0.25) is 0 Å². The van der Waals surface area contributed by atoms with Crippen LogP contribution in [-0.2, 0) is 0 Å². The van der Waals surface area contributed by atoms with Crippen LogP contribution < -0.4 is 10.2 Å². The van der Waals surface area contributed by atoms with Crippen LogP contribution >= 0.6 is 11.6 Å². The SMILES string of the molecule is Bc1ccc(OC)c(Cl)c1.O.O. The molecule has 0 saturated heterocycles. The van der Waals surface area contributed by atoms with Crippen LogP contribution in [0, 0.1) is 0 Å². The van der Waals surface area contributed by atoms with Crippen molar-refractivity contribution in [1.82, 2.24) is 0 Å². The lowest BCUT2D eigenvalue weighted by molar-refractivity contribution is 0.415. The fourth-order valence-corrected chi connectivity index (χ4v) is 1.08. The Bertz CT molecular complexity index is 242. The van der Waals surface area contributed by atoms with Crippen molar-refractivity contribution in [3.63, 3.8) is 0 Å². The minimum Gasteiger partial charge on any atom is -0.495 e. The van der Waals surface area contributed by atoms with E-state index in [-0.39, 0.29) is 11.0 Å². The average molecular weight is 190 g/mol. The molecule has 0 bridgehead atoms. The Hall–Kier alpha value is -0.705. The molecule has 1 aromatic carbocycles. The zero-order valence-corrected chi connectivity index (χ0v) is 7.77. The van der Waals surface area contributed by atoms with Crippen molar-refractivity contribution in [1.29, 1.82) is 0 Å². The first-order chi connectivity index (χ1) is 4.74. The van der Waals surface area contributed by atoms with E-state index in [1.807, 2.05) is 26.0 Å². The summed E-state index contributed by atoms with van der Waals surface area (Å²) in [6.07, 6.45) is 0. The maximum absolute atomic E-state index is 5.80. The van der Waals surface area contributed by atoms with Gasteiger partial charge in [-0.25, -0.2) is 0 Å². The molecule has 68 valence electrons. The van der Waals surface area contributed by atoms with Crippen LogP contribution in [0.5, 0.6) is 5.75 Å². The van der Waals surface area contributed by atoms with E-state index in [0.717, 1.165) is 11.2 Å². The monoisotopic (exact) mass is 190 g/mol. The van der Waals surface area contributed by atoms with Crippen LogP contribution in [0.3, 0.4) is 0 Å². The van der Waals surface area contributed by atoms with Crippen molar-refractivity contribution in [2.45, 2.75) is 0 Å². The van der Waals surface area contributed by atoms with Crippen molar-refractivity contribution in [3.05, 3.63) is 23.2 Å². The molecule has 0 amide bonds. The summed E-state index contributed by atoms with van der Waals surface area (Å²) in [5.41, 5.74) is 1.14. The Morgan fingerprint density at radius 1 is 1.33 bits per heavy atom. The Morgan fingerprint density at radius 3 is 2.33 bits per heavy atom. The minimum atomic E-state index is 0. The van der Waals surface area contributed by atoms with Crippen LogP contribution in [0.25, 0.3) is 0 Å². The van der Waals surface area contributed by atoms with Gasteiger partial charge in [0.05, 0.1) is 12.1 Å². The Kier molecular flexibility index (Phi) is 6.79. The van der Waals surface area contributed by atoms with Crippen LogP contribution in [-0.4, -0.2) is 25.9 Å². The van der Waals surface area contributed by atoms with E-state index in [0.29, 0.717) is 5.02 Å². The highest BCUT2D eigenvalue weighted by Gasteiger charge is 1.96. The highest BCUT2D eigenvalue weighted by molar-refractivity contribution is 6.37. The molecule has 1 rings (SSSR count). The molecule has 0 unspecified atom stereocenters. The number of rotatable bonds is 1. The molecule has 4 N–H and O–H groups in total. The topological polar surface area (TPSA) is 72.2 Å². The zero-order chi connectivity index (χ0) is 7.56. The Morgan fingerprint density at radius 2 is 1.92 bits per heavy atom. The van der Waals surface area contributed by atoms with Gasteiger partial charge < -0.3 is 15.7 Å². The van der Waals surface area contributed by atoms with Gasteiger partial charge in [-0.3, -0.25) is 0 Å². The first-order valence-corrected chi connectivity index (χ1v) is 3.42. The summed E-state index contributed by atoms with van der Waals surface area (Å²) in [5, 5.41) is 0.669. The van der Waals surface area contributed by atoms with Gasteiger partial charge in [-0.15, -0.1) is 0 Å². The lowest BCUT2D eigenvalue weighted by Gasteiger charge is -2.01. The van der Waals surface area contributed by atoms with E-state index >= 15 is 0 Å². The molecule has 1 aromatic rings. The smallest absolute Gasteiger partial charge is 0.139 e. The van der Waals surface area contributed by atoms with E-state index < -0.39 is 0 Å². The van der Waals surface area contributed by atoms with Gasteiger partial charge in [-0.1, -0.05) is 23.1 Å². The van der Waals surface area contributed by atoms with E-state index in [1.54, 1.807) is 7.11 Å². The first kappa shape index (κ1) is 13.9. The Labute approximate surface area is 77.3 Å². The normalized spacial score (nSPS) is 7.83. The standard InChI is InChI=1S/C7H8BClO.2H2O/c1-10-7-3-2-5(8)4-6(7)9;;/h2-4H,8H2,1H3;2*1H2. The molecule has 3 nitrogen and oxygen atoms in total. The maximum Gasteiger partial charge on any atom is 0.139 e. The van der Waals surface area contributed by atoms with Crippen molar-refractivity contribution in [2.75, 3.05) is 7.11 Å². The number of methoxy groups -OCH3 is 1. The fraction of sp³-hybridized carbons (Fsp3) is 0.143. The third-order valence-electron chi connectivity index (χ3n) is 1.31. The molecule has 0 aliphatic rings. The molecule has 12 heavy (non-hydrogen) atoms. The molecule has 0 aromatic heterocycles. The molecule has 0 heterocycles. The fourth-order valence-electron chi connectivity index (χ4n) is 0.771. The lowest BCUT2D eigenvalue weighted by atomic mass is 9.97. The second-order valence-electron chi connectivity index (χ2n) is 2.14. The average Bonchev–Trinajstić information content (AvgIpc) is 1.88. The third-order valence-corrected chi connectivity index (χ3v) is 1.60. The molecule has 5 heteroatoms. The van der Waals surface area contributed by atoms with Gasteiger partial charge in [0.25, 0.3) is 0 Å². The molecular formula is C7H12BClO3. The van der Waals surface area contributed by atoms with Crippen LogP contribution in [0.2, 0.25) is 5.02 Å². The van der Waals surface area contributed by atoms with Crippen molar-refractivity contribution in [2.24, 2.45) is 0 Å². The summed E-state index contributed by atoms with van der Waals surface area (Å²) in [7, 11) is 3.60. The van der Waals surface area contributed by atoms with Gasteiger partial charge in [-0.2, -0.15) is 0 Å². The van der Waals surface area contributed by atoms with Crippen molar-refractivity contribution >= 4 is 24.9 Å². The molecule has 0 fully saturated rings. The van der Waals surface area contributed by atoms with Gasteiger partial charge in [0, 0.05) is 0 Å². The number of ether oxygens (including phenoxy) is 1. The third kappa shape index (κ3) is 3.13. The first-order valence-electron chi connectivity index (χ1n) is 3.04. The Balaban J connectivity index is 0. The van der Waals surface area contributed by atoms with E-state index in [2.05, 4.69) is 0 Å². The van der Waals surface area contributed by atoms with E-state index in [9.17, 15) is 0 Å². The molecule has 0 radical (unpaired) electrons. The largest absolute Gasteiger partial charge is 0.495 e. The molecular weight excluding hydrogens is 178 g/mol. The summed E-state index contributed by atoms with van der Waals surface area (Å²) in [6, 6.07) is 5.70. The molecule has 0 spiro atoms. The quantitative estimate of drug-likeness (QED) is 0.521. The maximum atomic E-state index is 5.80. The predicted octanol–water partition coefficient (Wildman–Crippen LogP) is -1.04. The van der Waals surface area contributed by atoms with Crippen LogP contribution in [0.4, 0.5) is 0 Å². The zero-order valence-electron chi connectivity index (χ0n) is 7.02. The predicted molar refractivity (Wildman–Crippen MR) is 53.4 cm³/mol. The second-order valence-corrected chi connectivity index (χ2v) is 2.55. The van der Waals surface area contributed by atoms with Crippen molar-refractivity contribution < 1.29 is 15.7 Å². The van der Waals surface area contributed by atoms with Gasteiger partial charge >= 0.3 is 0 Å². The number of hydrogen-bond acceptors (Lipinski definition) is 1. The number of hydrogen-bond donors (Lipinski definition) is 0. The number of benzene rings is 1. The van der Waals surface area contributed by atoms with Crippen LogP contribution in [0.15, 0.2) is 18.2 Å². The summed E-state index contributed by atoms with van der Waals surface area (Å²) in [6.45, 7) is 0. The summed E-state index contributed by atoms with van der Waals surface area (Å²) >= 11 is 5.80. The molecule has 0 aliphatic heterocycles. The van der Waals surface area contributed by atoms with Gasteiger partial charge in [0.1, 0.15) is 13.6 Å². The van der Waals surface area contributed by atoms with Crippen LogP contribution in [0.1, 0.15) is 0 Å². The van der Waals surface area contributed by atoms with Crippen molar-refractivity contribution in [3.8, 4) is 5.75 Å². The minimum absolute atomic E-state index is 0. The van der Waals surface area contributed by atoms with E-state index in [4.69, 9.17) is 16.3 Å². The van der Waals surface area contributed by atoms with Gasteiger partial charge in [-0.05, 0) is 12.1 Å². The second kappa shape index (κ2) is 5.88. The van der Waals surface area contributed by atoms with E-state index in [1.165, 1.54) is 0 Å². The summed E-state index contributed by atoms with van der Waals surface area (Å²) in [4.78, 5) is 0. The van der Waals surface area contributed by atoms with Gasteiger partial charge in [0.15, 0.2) is 0 Å².